The van der Waals surface area contributed by atoms with E-state index in [9.17, 15) is 9.59 Å². The molecule has 3 heteroatoms. The molecule has 0 bridgehead atoms. The zero-order chi connectivity index (χ0) is 17.7. The lowest BCUT2D eigenvalue weighted by Gasteiger charge is -2.28. The molecule has 1 fully saturated rings. The summed E-state index contributed by atoms with van der Waals surface area (Å²) in [5.41, 5.74) is 1.97. The number of Topliss-reactive ketones (excluding diaryl/α,β-unsaturated/α-hetero) is 1. The van der Waals surface area contributed by atoms with E-state index in [1.165, 1.54) is 5.56 Å². The van der Waals surface area contributed by atoms with Crippen molar-refractivity contribution in [2.75, 3.05) is 6.54 Å². The predicted molar refractivity (Wildman–Crippen MR) is 98.2 cm³/mol. The van der Waals surface area contributed by atoms with Gasteiger partial charge in [-0.2, -0.15) is 0 Å². The number of hydrogen-bond acceptors (Lipinski definition) is 2. The highest BCUT2D eigenvalue weighted by molar-refractivity contribution is 5.94. The molecule has 132 valence electrons. The Hall–Kier alpha value is -1.64. The molecule has 24 heavy (non-hydrogen) atoms. The summed E-state index contributed by atoms with van der Waals surface area (Å²) >= 11 is 0. The molecule has 0 unspecified atom stereocenters. The van der Waals surface area contributed by atoms with Crippen LogP contribution in [-0.2, 0) is 4.79 Å². The molecule has 0 radical (unpaired) electrons. The second-order valence-electron chi connectivity index (χ2n) is 7.76. The predicted octanol–water partition coefficient (Wildman–Crippen LogP) is 4.57. The first-order valence-electron chi connectivity index (χ1n) is 9.30. The van der Waals surface area contributed by atoms with Crippen molar-refractivity contribution in [2.45, 2.75) is 59.3 Å². The summed E-state index contributed by atoms with van der Waals surface area (Å²) < 4.78 is 0. The lowest BCUT2D eigenvalue weighted by atomic mass is 9.78. The van der Waals surface area contributed by atoms with E-state index in [2.05, 4.69) is 19.2 Å². The van der Waals surface area contributed by atoms with Crippen LogP contribution in [0, 0.1) is 17.8 Å². The van der Waals surface area contributed by atoms with Crippen molar-refractivity contribution in [1.29, 1.82) is 0 Å². The van der Waals surface area contributed by atoms with E-state index >= 15 is 0 Å². The van der Waals surface area contributed by atoms with Crippen LogP contribution < -0.4 is 5.32 Å². The van der Waals surface area contributed by atoms with Gasteiger partial charge in [0.2, 0.25) is 0 Å². The monoisotopic (exact) mass is 329 g/mol. The second-order valence-corrected chi connectivity index (χ2v) is 7.76. The van der Waals surface area contributed by atoms with Gasteiger partial charge >= 0.3 is 0 Å². The van der Waals surface area contributed by atoms with Crippen molar-refractivity contribution >= 4 is 11.7 Å². The van der Waals surface area contributed by atoms with Gasteiger partial charge in [0.25, 0.3) is 5.91 Å². The smallest absolute Gasteiger partial charge is 0.251 e. The zero-order valence-corrected chi connectivity index (χ0v) is 15.5. The minimum atomic E-state index is 0.00527. The molecule has 1 aromatic rings. The molecule has 1 amide bonds. The summed E-state index contributed by atoms with van der Waals surface area (Å²) in [5.74, 6) is 1.76. The van der Waals surface area contributed by atoms with E-state index in [0.29, 0.717) is 24.2 Å². The molecule has 0 saturated heterocycles. The van der Waals surface area contributed by atoms with Crippen molar-refractivity contribution in [1.82, 2.24) is 5.32 Å². The lowest BCUT2D eigenvalue weighted by molar-refractivity contribution is -0.127. The third-order valence-electron chi connectivity index (χ3n) is 5.21. The SMILES string of the molecule is CC(C)C(=O)C1CCC(CNC(=O)c2ccc(C(C)C)cc2)CC1. The fourth-order valence-corrected chi connectivity index (χ4v) is 3.48. The minimum absolute atomic E-state index is 0.00527. The summed E-state index contributed by atoms with van der Waals surface area (Å²) in [6.07, 6.45) is 4.02. The Morgan fingerprint density at radius 2 is 1.58 bits per heavy atom. The van der Waals surface area contributed by atoms with Crippen LogP contribution in [0.3, 0.4) is 0 Å². The van der Waals surface area contributed by atoms with Crippen LogP contribution in [0.4, 0.5) is 0 Å². The van der Waals surface area contributed by atoms with Gasteiger partial charge in [-0.3, -0.25) is 9.59 Å². The van der Waals surface area contributed by atoms with Crippen LogP contribution in [0.2, 0.25) is 0 Å². The van der Waals surface area contributed by atoms with E-state index in [4.69, 9.17) is 0 Å². The molecule has 0 heterocycles. The fraction of sp³-hybridized carbons (Fsp3) is 0.619. The Bertz CT molecular complexity index is 552. The minimum Gasteiger partial charge on any atom is -0.352 e. The maximum absolute atomic E-state index is 12.3. The Kier molecular flexibility index (Phi) is 6.59. The second kappa shape index (κ2) is 8.46. The Morgan fingerprint density at radius 3 is 2.08 bits per heavy atom. The first-order chi connectivity index (χ1) is 11.4. The van der Waals surface area contributed by atoms with Gasteiger partial charge in [-0.15, -0.1) is 0 Å². The van der Waals surface area contributed by atoms with Crippen LogP contribution in [0.1, 0.15) is 75.2 Å². The highest BCUT2D eigenvalue weighted by atomic mass is 16.1. The van der Waals surface area contributed by atoms with Crippen LogP contribution in [0.25, 0.3) is 0 Å². The van der Waals surface area contributed by atoms with Crippen molar-refractivity contribution in [2.24, 2.45) is 17.8 Å². The summed E-state index contributed by atoms with van der Waals surface area (Å²) in [6.45, 7) is 8.98. The van der Waals surface area contributed by atoms with Gasteiger partial charge < -0.3 is 5.32 Å². The van der Waals surface area contributed by atoms with E-state index in [-0.39, 0.29) is 17.7 Å². The molecule has 1 N–H and O–H groups in total. The zero-order valence-electron chi connectivity index (χ0n) is 15.5. The molecule has 0 aromatic heterocycles. The maximum atomic E-state index is 12.3. The number of carbonyl (C=O) groups is 2. The first kappa shape index (κ1) is 18.7. The first-order valence-corrected chi connectivity index (χ1v) is 9.30. The van der Waals surface area contributed by atoms with Crippen LogP contribution in [-0.4, -0.2) is 18.2 Å². The van der Waals surface area contributed by atoms with Crippen LogP contribution in [0.15, 0.2) is 24.3 Å². The summed E-state index contributed by atoms with van der Waals surface area (Å²) in [6, 6.07) is 7.87. The van der Waals surface area contributed by atoms with Crippen LogP contribution in [0.5, 0.6) is 0 Å². The third-order valence-corrected chi connectivity index (χ3v) is 5.21. The summed E-state index contributed by atoms with van der Waals surface area (Å²) in [5, 5.41) is 3.06. The van der Waals surface area contributed by atoms with E-state index in [1.54, 1.807) is 0 Å². The van der Waals surface area contributed by atoms with Crippen molar-refractivity contribution in [3.63, 3.8) is 0 Å². The van der Waals surface area contributed by atoms with E-state index in [0.717, 1.165) is 31.2 Å². The molecule has 1 aliphatic rings. The van der Waals surface area contributed by atoms with E-state index in [1.807, 2.05) is 38.1 Å². The van der Waals surface area contributed by atoms with Gasteiger partial charge in [-0.25, -0.2) is 0 Å². The summed E-state index contributed by atoms with van der Waals surface area (Å²) in [4.78, 5) is 24.3. The molecule has 0 atom stereocenters. The molecular formula is C21H31NO2. The molecule has 3 nitrogen and oxygen atoms in total. The number of hydrogen-bond donors (Lipinski definition) is 1. The lowest BCUT2D eigenvalue weighted by Crippen LogP contribution is -2.33. The van der Waals surface area contributed by atoms with Gasteiger partial charge in [0.1, 0.15) is 5.78 Å². The normalized spacial score (nSPS) is 21.1. The molecule has 1 aliphatic carbocycles. The Morgan fingerprint density at radius 1 is 1.00 bits per heavy atom. The van der Waals surface area contributed by atoms with Gasteiger partial charge in [0.15, 0.2) is 0 Å². The van der Waals surface area contributed by atoms with E-state index < -0.39 is 0 Å². The number of benzene rings is 1. The largest absolute Gasteiger partial charge is 0.352 e. The standard InChI is InChI=1S/C21H31NO2/c1-14(2)17-9-11-19(12-10-17)21(24)22-13-16-5-7-18(8-6-16)20(23)15(3)4/h9-12,14-16,18H,5-8,13H2,1-4H3,(H,22,24). The topological polar surface area (TPSA) is 46.2 Å². The average Bonchev–Trinajstić information content (AvgIpc) is 2.59. The Balaban J connectivity index is 1.78. The molecule has 0 aliphatic heterocycles. The van der Waals surface area contributed by atoms with Gasteiger partial charge in [-0.05, 0) is 55.2 Å². The number of nitrogens with one attached hydrogen (secondary N) is 1. The number of carbonyl (C=O) groups excluding carboxylic acids is 2. The molecule has 1 aromatic carbocycles. The molecule has 1 saturated carbocycles. The van der Waals surface area contributed by atoms with Crippen molar-refractivity contribution in [3.8, 4) is 0 Å². The number of rotatable bonds is 6. The number of amides is 1. The quantitative estimate of drug-likeness (QED) is 0.831. The highest BCUT2D eigenvalue weighted by Crippen LogP contribution is 2.30. The number of ketones is 1. The average molecular weight is 329 g/mol. The van der Waals surface area contributed by atoms with Gasteiger partial charge in [0, 0.05) is 23.9 Å². The fourth-order valence-electron chi connectivity index (χ4n) is 3.48. The molecular weight excluding hydrogens is 298 g/mol. The van der Waals surface area contributed by atoms with Gasteiger partial charge in [-0.1, -0.05) is 39.8 Å². The third kappa shape index (κ3) is 4.93. The summed E-state index contributed by atoms with van der Waals surface area (Å²) in [7, 11) is 0. The van der Waals surface area contributed by atoms with Crippen molar-refractivity contribution in [3.05, 3.63) is 35.4 Å². The Labute approximate surface area is 146 Å². The maximum Gasteiger partial charge on any atom is 0.251 e. The van der Waals surface area contributed by atoms with Crippen LogP contribution >= 0.6 is 0 Å². The van der Waals surface area contributed by atoms with Gasteiger partial charge in [0.05, 0.1) is 0 Å². The van der Waals surface area contributed by atoms with Crippen molar-refractivity contribution < 1.29 is 9.59 Å². The molecule has 0 spiro atoms. The highest BCUT2D eigenvalue weighted by Gasteiger charge is 2.27. The molecule has 2 rings (SSSR count).